The molecular weight excluding hydrogens is 406 g/mol. The van der Waals surface area contributed by atoms with Crippen LogP contribution in [0.2, 0.25) is 0 Å². The molecule has 1 N–H and O–H groups in total. The van der Waals surface area contributed by atoms with Gasteiger partial charge in [0.15, 0.2) is 0 Å². The molecule has 1 aliphatic rings. The molecule has 0 bridgehead atoms. The minimum absolute atomic E-state index is 0.0668. The number of rotatable bonds is 5. The molecule has 3 nitrogen and oxygen atoms in total. The van der Waals surface area contributed by atoms with E-state index in [1.54, 1.807) is 18.2 Å². The minimum Gasteiger partial charge on any atom is -0.211 e. The SMILES string of the molecule is O=S(=O)(NCC1(CBr)CCCCC1)c1cccc(Br)c1. The number of alkyl halides is 1. The monoisotopic (exact) mass is 423 g/mol. The first-order valence-corrected chi connectivity index (χ1v) is 10.2. The zero-order chi connectivity index (χ0) is 14.6. The first-order valence-electron chi connectivity index (χ1n) is 6.79. The molecule has 0 atom stereocenters. The Hall–Kier alpha value is 0.0900. The molecule has 1 fully saturated rings. The Kier molecular flexibility index (Phi) is 5.68. The highest BCUT2D eigenvalue weighted by molar-refractivity contribution is 9.10. The largest absolute Gasteiger partial charge is 0.240 e. The molecule has 0 unspecified atom stereocenters. The molecular formula is C14H19Br2NO2S. The number of hydrogen-bond acceptors (Lipinski definition) is 2. The Balaban J connectivity index is 2.08. The van der Waals surface area contributed by atoms with Gasteiger partial charge < -0.3 is 0 Å². The first-order chi connectivity index (χ1) is 9.47. The zero-order valence-electron chi connectivity index (χ0n) is 11.2. The van der Waals surface area contributed by atoms with Gasteiger partial charge in [-0.1, -0.05) is 57.2 Å². The van der Waals surface area contributed by atoms with Crippen LogP contribution < -0.4 is 4.72 Å². The maximum Gasteiger partial charge on any atom is 0.240 e. The summed E-state index contributed by atoms with van der Waals surface area (Å²) >= 11 is 6.87. The summed E-state index contributed by atoms with van der Waals surface area (Å²) in [5, 5.41) is 0.848. The summed E-state index contributed by atoms with van der Waals surface area (Å²) < 4.78 is 28.2. The predicted molar refractivity (Wildman–Crippen MR) is 88.6 cm³/mol. The molecule has 0 aliphatic heterocycles. The van der Waals surface area contributed by atoms with Gasteiger partial charge in [-0.3, -0.25) is 0 Å². The van der Waals surface area contributed by atoms with Crippen LogP contribution in [0.15, 0.2) is 33.6 Å². The van der Waals surface area contributed by atoms with E-state index >= 15 is 0 Å². The van der Waals surface area contributed by atoms with Crippen LogP contribution in [-0.4, -0.2) is 20.3 Å². The van der Waals surface area contributed by atoms with E-state index < -0.39 is 10.0 Å². The second-order valence-electron chi connectivity index (χ2n) is 5.48. The molecule has 0 radical (unpaired) electrons. The van der Waals surface area contributed by atoms with Crippen molar-refractivity contribution >= 4 is 41.9 Å². The number of nitrogens with one attached hydrogen (secondary N) is 1. The third-order valence-electron chi connectivity index (χ3n) is 3.94. The molecule has 0 spiro atoms. The number of benzene rings is 1. The lowest BCUT2D eigenvalue weighted by Gasteiger charge is -2.35. The van der Waals surface area contributed by atoms with Crippen molar-refractivity contribution in [3.8, 4) is 0 Å². The first kappa shape index (κ1) is 16.5. The van der Waals surface area contributed by atoms with Crippen molar-refractivity contribution in [1.29, 1.82) is 0 Å². The fourth-order valence-electron chi connectivity index (χ4n) is 2.63. The van der Waals surface area contributed by atoms with Crippen molar-refractivity contribution < 1.29 is 8.42 Å². The summed E-state index contributed by atoms with van der Waals surface area (Å²) in [6.07, 6.45) is 5.79. The van der Waals surface area contributed by atoms with Gasteiger partial charge in [0.05, 0.1) is 4.90 Å². The van der Waals surface area contributed by atoms with Gasteiger partial charge in [0.25, 0.3) is 0 Å². The summed E-state index contributed by atoms with van der Waals surface area (Å²) in [6.45, 7) is 0.507. The third-order valence-corrected chi connectivity index (χ3v) is 7.02. The Morgan fingerprint density at radius 2 is 1.90 bits per heavy atom. The fraction of sp³-hybridized carbons (Fsp3) is 0.571. The highest BCUT2D eigenvalue weighted by atomic mass is 79.9. The van der Waals surface area contributed by atoms with E-state index in [1.165, 1.54) is 19.3 Å². The fourth-order valence-corrected chi connectivity index (χ4v) is 5.14. The standard InChI is InChI=1S/C14H19Br2NO2S/c15-10-14(7-2-1-3-8-14)11-17-20(18,19)13-6-4-5-12(16)9-13/h4-6,9,17H,1-3,7-8,10-11H2. The van der Waals surface area contributed by atoms with Crippen LogP contribution in [-0.2, 0) is 10.0 Å². The summed E-state index contributed by atoms with van der Waals surface area (Å²) in [5.74, 6) is 0. The molecule has 1 aliphatic carbocycles. The van der Waals surface area contributed by atoms with Crippen LogP contribution in [0.3, 0.4) is 0 Å². The Labute approximate surface area is 137 Å². The molecule has 112 valence electrons. The smallest absolute Gasteiger partial charge is 0.211 e. The molecule has 1 saturated carbocycles. The van der Waals surface area contributed by atoms with Crippen LogP contribution >= 0.6 is 31.9 Å². The lowest BCUT2D eigenvalue weighted by Crippen LogP contribution is -2.40. The summed E-state index contributed by atoms with van der Waals surface area (Å²) in [4.78, 5) is 0.312. The van der Waals surface area contributed by atoms with E-state index in [1.807, 2.05) is 6.07 Å². The minimum atomic E-state index is -3.43. The van der Waals surface area contributed by atoms with Crippen molar-refractivity contribution in [3.63, 3.8) is 0 Å². The number of halogens is 2. The molecule has 0 heterocycles. The van der Waals surface area contributed by atoms with E-state index in [-0.39, 0.29) is 5.41 Å². The summed E-state index contributed by atoms with van der Waals surface area (Å²) in [7, 11) is -3.43. The maximum atomic E-state index is 12.3. The van der Waals surface area contributed by atoms with Crippen molar-refractivity contribution in [2.75, 3.05) is 11.9 Å². The Bertz CT molecular complexity index is 554. The van der Waals surface area contributed by atoms with E-state index in [0.29, 0.717) is 11.4 Å². The molecule has 1 aromatic rings. The Morgan fingerprint density at radius 3 is 2.50 bits per heavy atom. The van der Waals surface area contributed by atoms with Gasteiger partial charge in [-0.05, 0) is 36.5 Å². The molecule has 0 aromatic heterocycles. The van der Waals surface area contributed by atoms with Crippen molar-refractivity contribution in [1.82, 2.24) is 4.72 Å². The summed E-state index contributed by atoms with van der Waals surface area (Å²) in [6, 6.07) is 6.80. The lowest BCUT2D eigenvalue weighted by molar-refractivity contribution is 0.227. The van der Waals surface area contributed by atoms with Gasteiger partial charge in [0, 0.05) is 16.3 Å². The average molecular weight is 425 g/mol. The van der Waals surface area contributed by atoms with Gasteiger partial charge in [0.1, 0.15) is 0 Å². The highest BCUT2D eigenvalue weighted by Crippen LogP contribution is 2.37. The predicted octanol–water partition coefficient (Wildman–Crippen LogP) is 4.07. The summed E-state index contributed by atoms with van der Waals surface area (Å²) in [5.41, 5.74) is 0.0668. The average Bonchev–Trinajstić information content (AvgIpc) is 2.46. The molecule has 2 rings (SSSR count). The normalized spacial score (nSPS) is 18.9. The van der Waals surface area contributed by atoms with Crippen LogP contribution in [0.1, 0.15) is 32.1 Å². The highest BCUT2D eigenvalue weighted by Gasteiger charge is 2.32. The molecule has 0 saturated heterocycles. The number of hydrogen-bond donors (Lipinski definition) is 1. The molecule has 1 aromatic carbocycles. The van der Waals surface area contributed by atoms with Crippen molar-refractivity contribution in [2.24, 2.45) is 5.41 Å². The zero-order valence-corrected chi connectivity index (χ0v) is 15.2. The topological polar surface area (TPSA) is 46.2 Å². The van der Waals surface area contributed by atoms with Crippen LogP contribution in [0.4, 0.5) is 0 Å². The number of sulfonamides is 1. The molecule has 6 heteroatoms. The second kappa shape index (κ2) is 6.90. The van der Waals surface area contributed by atoms with E-state index in [2.05, 4.69) is 36.6 Å². The van der Waals surface area contributed by atoms with Crippen LogP contribution in [0.25, 0.3) is 0 Å². The van der Waals surface area contributed by atoms with Gasteiger partial charge in [0.2, 0.25) is 10.0 Å². The van der Waals surface area contributed by atoms with E-state index in [0.717, 1.165) is 22.6 Å². The van der Waals surface area contributed by atoms with E-state index in [9.17, 15) is 8.42 Å². The van der Waals surface area contributed by atoms with E-state index in [4.69, 9.17) is 0 Å². The van der Waals surface area contributed by atoms with Gasteiger partial charge in [-0.15, -0.1) is 0 Å². The maximum absolute atomic E-state index is 12.3. The van der Waals surface area contributed by atoms with Crippen LogP contribution in [0.5, 0.6) is 0 Å². The van der Waals surface area contributed by atoms with Crippen molar-refractivity contribution in [3.05, 3.63) is 28.7 Å². The van der Waals surface area contributed by atoms with Gasteiger partial charge >= 0.3 is 0 Å². The third kappa shape index (κ3) is 4.06. The van der Waals surface area contributed by atoms with Gasteiger partial charge in [-0.25, -0.2) is 13.1 Å². The Morgan fingerprint density at radius 1 is 1.20 bits per heavy atom. The van der Waals surface area contributed by atoms with Crippen molar-refractivity contribution in [2.45, 2.75) is 37.0 Å². The second-order valence-corrected chi connectivity index (χ2v) is 8.72. The molecule has 0 amide bonds. The lowest BCUT2D eigenvalue weighted by atomic mass is 9.76. The molecule has 20 heavy (non-hydrogen) atoms. The van der Waals surface area contributed by atoms with Crippen LogP contribution in [0, 0.1) is 5.41 Å². The van der Waals surface area contributed by atoms with Gasteiger partial charge in [-0.2, -0.15) is 0 Å². The quantitative estimate of drug-likeness (QED) is 0.724.